The summed E-state index contributed by atoms with van der Waals surface area (Å²) in [6.45, 7) is 2.12. The average Bonchev–Trinajstić information content (AvgIpc) is 3.05. The minimum absolute atomic E-state index is 0.329. The van der Waals surface area contributed by atoms with E-state index in [4.69, 9.17) is 16.2 Å². The lowest BCUT2D eigenvalue weighted by Gasteiger charge is -2.13. The van der Waals surface area contributed by atoms with Crippen molar-refractivity contribution in [3.8, 4) is 5.75 Å². The van der Waals surface area contributed by atoms with Gasteiger partial charge in [0.25, 0.3) is 5.91 Å². The molecular formula is C11H17N3O2S. The van der Waals surface area contributed by atoms with E-state index in [0.29, 0.717) is 28.3 Å². The Morgan fingerprint density at radius 3 is 2.71 bits per heavy atom. The molecule has 0 saturated heterocycles. The molecule has 0 aromatic carbocycles. The Morgan fingerprint density at radius 1 is 1.59 bits per heavy atom. The lowest BCUT2D eigenvalue weighted by atomic mass is 10.2. The van der Waals surface area contributed by atoms with E-state index in [2.05, 4.69) is 12.2 Å². The quantitative estimate of drug-likeness (QED) is 0.746. The zero-order valence-corrected chi connectivity index (χ0v) is 10.8. The summed E-state index contributed by atoms with van der Waals surface area (Å²) in [6, 6.07) is 0.364. The van der Waals surface area contributed by atoms with Crippen LogP contribution in [-0.4, -0.2) is 19.1 Å². The van der Waals surface area contributed by atoms with Gasteiger partial charge in [0.1, 0.15) is 15.6 Å². The molecule has 1 heterocycles. The number of anilines is 2. The molecular weight excluding hydrogens is 238 g/mol. The first-order valence-corrected chi connectivity index (χ1v) is 6.38. The van der Waals surface area contributed by atoms with Crippen molar-refractivity contribution in [3.63, 3.8) is 0 Å². The monoisotopic (exact) mass is 255 g/mol. The maximum atomic E-state index is 11.2. The number of carbonyl (C=O) groups excluding carboxylic acids is 1. The van der Waals surface area contributed by atoms with Crippen LogP contribution in [0.1, 0.15) is 29.4 Å². The Morgan fingerprint density at radius 2 is 2.24 bits per heavy atom. The van der Waals surface area contributed by atoms with Crippen molar-refractivity contribution >= 4 is 27.9 Å². The minimum atomic E-state index is -0.516. The van der Waals surface area contributed by atoms with Crippen molar-refractivity contribution in [2.24, 2.45) is 11.7 Å². The van der Waals surface area contributed by atoms with Gasteiger partial charge >= 0.3 is 0 Å². The predicted octanol–water partition coefficient (Wildman–Crippen LogP) is 1.65. The van der Waals surface area contributed by atoms with Gasteiger partial charge in [0.2, 0.25) is 0 Å². The van der Waals surface area contributed by atoms with Gasteiger partial charge in [-0.25, -0.2) is 0 Å². The third-order valence-electron chi connectivity index (χ3n) is 3.02. The van der Waals surface area contributed by atoms with Gasteiger partial charge in [0.15, 0.2) is 5.75 Å². The number of hydrogen-bond acceptors (Lipinski definition) is 5. The van der Waals surface area contributed by atoms with Gasteiger partial charge in [-0.2, -0.15) is 0 Å². The first kappa shape index (κ1) is 12.0. The van der Waals surface area contributed by atoms with Crippen LogP contribution in [0.25, 0.3) is 0 Å². The van der Waals surface area contributed by atoms with Gasteiger partial charge in [-0.1, -0.05) is 0 Å². The lowest BCUT2D eigenvalue weighted by Crippen LogP contribution is -2.16. The SMILES string of the molecule is COc1c(NC(C)C2CC2)sc(C(N)=O)c1N. The normalized spacial score (nSPS) is 16.6. The van der Waals surface area contributed by atoms with Crippen LogP contribution in [0.15, 0.2) is 0 Å². The largest absolute Gasteiger partial charge is 0.492 e. The highest BCUT2D eigenvalue weighted by Gasteiger charge is 2.30. The van der Waals surface area contributed by atoms with Crippen LogP contribution in [0, 0.1) is 5.92 Å². The molecule has 1 aromatic rings. The maximum absolute atomic E-state index is 11.2. The molecule has 1 atom stereocenters. The van der Waals surface area contributed by atoms with E-state index in [1.807, 2.05) is 0 Å². The molecule has 0 aliphatic heterocycles. The highest BCUT2D eigenvalue weighted by molar-refractivity contribution is 7.19. The number of nitrogens with one attached hydrogen (secondary N) is 1. The summed E-state index contributed by atoms with van der Waals surface area (Å²) in [5, 5.41) is 4.14. The molecule has 1 amide bonds. The first-order valence-electron chi connectivity index (χ1n) is 5.57. The second-order valence-corrected chi connectivity index (χ2v) is 5.36. The van der Waals surface area contributed by atoms with E-state index in [-0.39, 0.29) is 0 Å². The van der Waals surface area contributed by atoms with Crippen LogP contribution < -0.4 is 21.5 Å². The topological polar surface area (TPSA) is 90.4 Å². The molecule has 5 N–H and O–H groups in total. The number of amides is 1. The van der Waals surface area contributed by atoms with Gasteiger partial charge in [-0.05, 0) is 25.7 Å². The molecule has 6 heteroatoms. The lowest BCUT2D eigenvalue weighted by molar-refractivity contribution is 0.100. The van der Waals surface area contributed by atoms with Crippen molar-refractivity contribution in [3.05, 3.63) is 4.88 Å². The highest BCUT2D eigenvalue weighted by atomic mass is 32.1. The summed E-state index contributed by atoms with van der Waals surface area (Å²) in [7, 11) is 1.54. The zero-order chi connectivity index (χ0) is 12.6. The Bertz CT molecular complexity index is 440. The zero-order valence-electron chi connectivity index (χ0n) is 9.95. The molecule has 5 nitrogen and oxygen atoms in total. The molecule has 1 aromatic heterocycles. The van der Waals surface area contributed by atoms with E-state index in [0.717, 1.165) is 5.00 Å². The van der Waals surface area contributed by atoms with Crippen LogP contribution in [-0.2, 0) is 0 Å². The van der Waals surface area contributed by atoms with E-state index >= 15 is 0 Å². The fraction of sp³-hybridized carbons (Fsp3) is 0.545. The molecule has 0 radical (unpaired) electrons. The van der Waals surface area contributed by atoms with Gasteiger partial charge in [-0.3, -0.25) is 4.79 Å². The van der Waals surface area contributed by atoms with E-state index < -0.39 is 5.91 Å². The Balaban J connectivity index is 2.25. The second-order valence-electron chi connectivity index (χ2n) is 4.34. The molecule has 0 spiro atoms. The standard InChI is InChI=1S/C11H17N3O2S/c1-5(6-3-4-6)14-11-8(16-2)7(12)9(17-11)10(13)15/h5-6,14H,3-4,12H2,1-2H3,(H2,13,15). The number of thiophene rings is 1. The molecule has 1 aliphatic rings. The van der Waals surface area contributed by atoms with E-state index in [1.165, 1.54) is 31.3 Å². The molecule has 2 rings (SSSR count). The highest BCUT2D eigenvalue weighted by Crippen LogP contribution is 2.44. The van der Waals surface area contributed by atoms with Gasteiger partial charge in [-0.15, -0.1) is 11.3 Å². The second kappa shape index (κ2) is 4.44. The van der Waals surface area contributed by atoms with Gasteiger partial charge in [0.05, 0.1) is 7.11 Å². The number of rotatable bonds is 5. The number of ether oxygens (including phenoxy) is 1. The maximum Gasteiger partial charge on any atom is 0.261 e. The molecule has 1 unspecified atom stereocenters. The number of primary amides is 1. The smallest absolute Gasteiger partial charge is 0.261 e. The number of methoxy groups -OCH3 is 1. The van der Waals surface area contributed by atoms with Gasteiger partial charge in [0, 0.05) is 6.04 Å². The van der Waals surface area contributed by atoms with Crippen molar-refractivity contribution < 1.29 is 9.53 Å². The summed E-state index contributed by atoms with van der Waals surface area (Å²) in [4.78, 5) is 11.6. The molecule has 17 heavy (non-hydrogen) atoms. The minimum Gasteiger partial charge on any atom is -0.492 e. The van der Waals surface area contributed by atoms with Crippen molar-refractivity contribution in [1.29, 1.82) is 0 Å². The predicted molar refractivity (Wildman–Crippen MR) is 69.6 cm³/mol. The van der Waals surface area contributed by atoms with Crippen LogP contribution >= 0.6 is 11.3 Å². The number of hydrogen-bond donors (Lipinski definition) is 3. The van der Waals surface area contributed by atoms with Crippen LogP contribution in [0.4, 0.5) is 10.7 Å². The fourth-order valence-corrected chi connectivity index (χ4v) is 2.87. The van der Waals surface area contributed by atoms with Crippen molar-refractivity contribution in [2.45, 2.75) is 25.8 Å². The molecule has 1 fully saturated rings. The number of carbonyl (C=O) groups is 1. The average molecular weight is 255 g/mol. The van der Waals surface area contributed by atoms with Crippen LogP contribution in [0.5, 0.6) is 5.75 Å². The van der Waals surface area contributed by atoms with Crippen molar-refractivity contribution in [1.82, 2.24) is 0 Å². The van der Waals surface area contributed by atoms with Crippen molar-refractivity contribution in [2.75, 3.05) is 18.2 Å². The van der Waals surface area contributed by atoms with E-state index in [9.17, 15) is 4.79 Å². The Hall–Kier alpha value is -1.43. The Kier molecular flexibility index (Phi) is 3.15. The summed E-state index contributed by atoms with van der Waals surface area (Å²) in [5.74, 6) is 0.717. The van der Waals surface area contributed by atoms with Crippen LogP contribution in [0.2, 0.25) is 0 Å². The summed E-state index contributed by atoms with van der Waals surface area (Å²) >= 11 is 1.26. The summed E-state index contributed by atoms with van der Waals surface area (Å²) in [6.07, 6.45) is 2.50. The first-order chi connectivity index (χ1) is 8.04. The van der Waals surface area contributed by atoms with Gasteiger partial charge < -0.3 is 21.5 Å². The molecule has 1 saturated carbocycles. The number of nitrogens with two attached hydrogens (primary N) is 2. The van der Waals surface area contributed by atoms with E-state index in [1.54, 1.807) is 0 Å². The summed E-state index contributed by atoms with van der Waals surface area (Å²) in [5.41, 5.74) is 11.4. The fourth-order valence-electron chi connectivity index (χ4n) is 1.83. The number of nitrogen functional groups attached to an aromatic ring is 1. The van der Waals surface area contributed by atoms with Crippen LogP contribution in [0.3, 0.4) is 0 Å². The third kappa shape index (κ3) is 2.31. The Labute approximate surface area is 104 Å². The summed E-state index contributed by atoms with van der Waals surface area (Å²) < 4.78 is 5.22. The third-order valence-corrected chi connectivity index (χ3v) is 4.15. The molecule has 1 aliphatic carbocycles. The molecule has 94 valence electrons. The molecule has 0 bridgehead atoms.